The molecule has 6 heteroatoms. The summed E-state index contributed by atoms with van der Waals surface area (Å²) in [5, 5.41) is 8.73. The number of hydrogen-bond donors (Lipinski definition) is 0. The van der Waals surface area contributed by atoms with Crippen LogP contribution in [0.25, 0.3) is 110 Å². The molecule has 0 atom stereocenters. The molecule has 60 heavy (non-hydrogen) atoms. The zero-order valence-corrected chi connectivity index (χ0v) is 31.8. The van der Waals surface area contributed by atoms with E-state index < -0.39 is 0 Å². The van der Waals surface area contributed by atoms with Gasteiger partial charge in [-0.25, -0.2) is 0 Å². The van der Waals surface area contributed by atoms with Gasteiger partial charge in [0.1, 0.15) is 33.5 Å². The topological polar surface area (TPSA) is 55.8 Å². The van der Waals surface area contributed by atoms with E-state index in [1.54, 1.807) is 0 Å². The average Bonchev–Trinajstić information content (AvgIpc) is 4.12. The number of hydrogen-bond acceptors (Lipinski definition) is 5. The molecule has 0 bridgehead atoms. The molecule has 4 aromatic heterocycles. The van der Waals surface area contributed by atoms with Crippen LogP contribution in [-0.2, 0) is 0 Å². The number of rotatable bonds is 2. The number of furan rings is 4. The van der Waals surface area contributed by atoms with Crippen LogP contribution in [-0.4, -0.2) is 6.71 Å². The summed E-state index contributed by atoms with van der Waals surface area (Å²) in [6.07, 6.45) is 0. The Morgan fingerprint density at radius 2 is 0.850 bits per heavy atom. The SMILES string of the molecule is c1ccc2c(c1)oc1c(-c3cc4c5c(c3)N(c3cccc6c3oc3ccccc36)c3c(ccc6c3oc3ccccc36)B5c3ccc5c(oc6ccccc65)c3-4)cccc12. The van der Waals surface area contributed by atoms with E-state index in [1.807, 2.05) is 24.3 Å². The minimum Gasteiger partial charge on any atom is -0.455 e. The van der Waals surface area contributed by atoms with Crippen molar-refractivity contribution < 1.29 is 17.7 Å². The van der Waals surface area contributed by atoms with Gasteiger partial charge < -0.3 is 22.6 Å². The second-order valence-corrected chi connectivity index (χ2v) is 16.2. The third kappa shape index (κ3) is 3.80. The fourth-order valence-corrected chi connectivity index (χ4v) is 10.8. The highest BCUT2D eigenvalue weighted by molar-refractivity contribution is 7.02. The predicted molar refractivity (Wildman–Crippen MR) is 246 cm³/mol. The van der Waals surface area contributed by atoms with E-state index in [2.05, 4.69) is 150 Å². The number of nitrogens with zero attached hydrogens (tertiary/aromatic N) is 1. The first-order valence-corrected chi connectivity index (χ1v) is 20.4. The van der Waals surface area contributed by atoms with Gasteiger partial charge in [0.05, 0.1) is 11.4 Å². The smallest absolute Gasteiger partial charge is 0.248 e. The lowest BCUT2D eigenvalue weighted by molar-refractivity contribution is 0.666. The quantitative estimate of drug-likeness (QED) is 0.164. The fourth-order valence-electron chi connectivity index (χ4n) is 10.8. The van der Waals surface area contributed by atoms with Gasteiger partial charge in [0.25, 0.3) is 0 Å². The second-order valence-electron chi connectivity index (χ2n) is 16.2. The summed E-state index contributed by atoms with van der Waals surface area (Å²) in [6, 6.07) is 60.2. The van der Waals surface area contributed by atoms with Crippen molar-refractivity contribution in [1.82, 2.24) is 0 Å². The summed E-state index contributed by atoms with van der Waals surface area (Å²) in [5.41, 5.74) is 17.9. The summed E-state index contributed by atoms with van der Waals surface area (Å²) < 4.78 is 27.5. The Balaban J connectivity index is 1.13. The van der Waals surface area contributed by atoms with Crippen molar-refractivity contribution in [3.05, 3.63) is 170 Å². The van der Waals surface area contributed by atoms with Crippen LogP contribution in [0.5, 0.6) is 0 Å². The molecule has 0 N–H and O–H groups in total. The summed E-state index contributed by atoms with van der Waals surface area (Å²) >= 11 is 0. The van der Waals surface area contributed by atoms with Gasteiger partial charge in [0.2, 0.25) is 6.71 Å². The van der Waals surface area contributed by atoms with E-state index in [0.29, 0.717) is 0 Å². The van der Waals surface area contributed by atoms with E-state index >= 15 is 0 Å². The second kappa shape index (κ2) is 11.0. The summed E-state index contributed by atoms with van der Waals surface area (Å²) in [6.45, 7) is -0.0857. The van der Waals surface area contributed by atoms with Crippen molar-refractivity contribution in [3.8, 4) is 22.3 Å². The minimum atomic E-state index is -0.0857. The summed E-state index contributed by atoms with van der Waals surface area (Å²) in [4.78, 5) is 2.42. The third-order valence-electron chi connectivity index (χ3n) is 13.3. The third-order valence-corrected chi connectivity index (χ3v) is 13.3. The Bertz CT molecular complexity index is 4050. The molecule has 0 fully saturated rings. The van der Waals surface area contributed by atoms with Crippen molar-refractivity contribution in [2.45, 2.75) is 0 Å². The molecule has 2 aliphatic rings. The highest BCUT2D eigenvalue weighted by atomic mass is 16.3. The molecule has 15 rings (SSSR count). The first kappa shape index (κ1) is 31.1. The molecule has 0 amide bonds. The van der Waals surface area contributed by atoms with Gasteiger partial charge in [-0.3, -0.25) is 0 Å². The van der Waals surface area contributed by atoms with Crippen molar-refractivity contribution >= 4 is 128 Å². The van der Waals surface area contributed by atoms with Crippen molar-refractivity contribution in [1.29, 1.82) is 0 Å². The molecular formula is C54H28BNO4. The molecule has 13 aromatic rings. The van der Waals surface area contributed by atoms with Crippen LogP contribution in [0.2, 0.25) is 0 Å². The molecule has 2 aliphatic heterocycles. The van der Waals surface area contributed by atoms with Gasteiger partial charge in [0, 0.05) is 59.9 Å². The molecule has 5 nitrogen and oxygen atoms in total. The average molecular weight is 766 g/mol. The van der Waals surface area contributed by atoms with Crippen LogP contribution < -0.4 is 21.3 Å². The first-order valence-electron chi connectivity index (χ1n) is 20.4. The van der Waals surface area contributed by atoms with Gasteiger partial charge in [-0.1, -0.05) is 133 Å². The van der Waals surface area contributed by atoms with E-state index in [-0.39, 0.29) is 6.71 Å². The van der Waals surface area contributed by atoms with E-state index in [9.17, 15) is 0 Å². The number of para-hydroxylation sites is 6. The molecule has 0 unspecified atom stereocenters. The van der Waals surface area contributed by atoms with E-state index in [1.165, 1.54) is 16.4 Å². The zero-order valence-electron chi connectivity index (χ0n) is 31.8. The number of anilines is 3. The Hall–Kier alpha value is -7.96. The van der Waals surface area contributed by atoms with E-state index in [0.717, 1.165) is 127 Å². The van der Waals surface area contributed by atoms with Crippen molar-refractivity contribution in [2.75, 3.05) is 4.90 Å². The lowest BCUT2D eigenvalue weighted by Crippen LogP contribution is -2.54. The molecule has 6 heterocycles. The molecule has 9 aromatic carbocycles. The monoisotopic (exact) mass is 765 g/mol. The molecular weight excluding hydrogens is 737 g/mol. The van der Waals surface area contributed by atoms with Gasteiger partial charge in [0.15, 0.2) is 11.2 Å². The van der Waals surface area contributed by atoms with Crippen LogP contribution in [0.3, 0.4) is 0 Å². The van der Waals surface area contributed by atoms with Gasteiger partial charge in [-0.15, -0.1) is 0 Å². The highest BCUT2D eigenvalue weighted by Gasteiger charge is 2.46. The first-order chi connectivity index (χ1) is 29.8. The molecule has 0 aliphatic carbocycles. The Morgan fingerprint density at radius 3 is 1.52 bits per heavy atom. The summed E-state index contributed by atoms with van der Waals surface area (Å²) in [7, 11) is 0. The van der Waals surface area contributed by atoms with Crippen LogP contribution in [0, 0.1) is 0 Å². The fraction of sp³-hybridized carbons (Fsp3) is 0. The van der Waals surface area contributed by atoms with Gasteiger partial charge in [-0.05, 0) is 64.5 Å². The number of benzene rings is 9. The normalized spacial score (nSPS) is 13.3. The van der Waals surface area contributed by atoms with Crippen molar-refractivity contribution in [3.63, 3.8) is 0 Å². The standard InChI is InChI=1S/C54H28BNO4/c1-5-19-44-31(11-1)35-16-9-15-30(51(35)57-44)29-27-39-48-40(25-23-37-33-13-3-7-21-46(33)59-53(37)48)55-41-26-24-38-34-14-4-8-22-47(34)60-54(38)50(41)56(43(28-29)49(39)55)42-18-10-17-36-32-12-2-6-20-45(32)58-52(36)42/h1-28H. The Morgan fingerprint density at radius 1 is 0.350 bits per heavy atom. The van der Waals surface area contributed by atoms with Gasteiger partial charge >= 0.3 is 0 Å². The lowest BCUT2D eigenvalue weighted by atomic mass is 9.37. The molecule has 0 saturated heterocycles. The molecule has 0 saturated carbocycles. The Labute approximate surface area is 341 Å². The van der Waals surface area contributed by atoms with Crippen molar-refractivity contribution in [2.24, 2.45) is 0 Å². The maximum atomic E-state index is 7.00. The lowest BCUT2D eigenvalue weighted by Gasteiger charge is -2.36. The number of fused-ring (bicyclic) bond motifs is 19. The van der Waals surface area contributed by atoms with Crippen LogP contribution in [0.15, 0.2) is 188 Å². The highest BCUT2D eigenvalue weighted by Crippen LogP contribution is 2.51. The van der Waals surface area contributed by atoms with Crippen LogP contribution in [0.1, 0.15) is 0 Å². The van der Waals surface area contributed by atoms with E-state index in [4.69, 9.17) is 17.7 Å². The van der Waals surface area contributed by atoms with Gasteiger partial charge in [-0.2, -0.15) is 0 Å². The predicted octanol–water partition coefficient (Wildman–Crippen LogP) is 13.2. The maximum Gasteiger partial charge on any atom is 0.248 e. The molecule has 0 spiro atoms. The summed E-state index contributed by atoms with van der Waals surface area (Å²) in [5.74, 6) is 0. The Kier molecular flexibility index (Phi) is 5.67. The largest absolute Gasteiger partial charge is 0.455 e. The molecule has 0 radical (unpaired) electrons. The molecule has 276 valence electrons. The maximum absolute atomic E-state index is 7.00. The zero-order chi connectivity index (χ0) is 38.8. The van der Waals surface area contributed by atoms with Crippen LogP contribution >= 0.6 is 0 Å². The minimum absolute atomic E-state index is 0.0857. The van der Waals surface area contributed by atoms with Crippen LogP contribution in [0.4, 0.5) is 17.1 Å².